The van der Waals surface area contributed by atoms with Crippen LogP contribution in [0.3, 0.4) is 0 Å². The van der Waals surface area contributed by atoms with Crippen molar-refractivity contribution >= 4 is 17.9 Å². The molecule has 94 valence electrons. The van der Waals surface area contributed by atoms with Gasteiger partial charge in [0.2, 0.25) is 0 Å². The van der Waals surface area contributed by atoms with Crippen LogP contribution >= 0.6 is 11.8 Å². The minimum Gasteiger partial charge on any atom is -0.443 e. The van der Waals surface area contributed by atoms with E-state index >= 15 is 0 Å². The van der Waals surface area contributed by atoms with Gasteiger partial charge in [0.05, 0.1) is 4.90 Å². The van der Waals surface area contributed by atoms with Crippen LogP contribution in [0.4, 0.5) is 4.79 Å². The molecule has 1 heterocycles. The molecule has 0 bridgehead atoms. The number of carbonyl (C=O) groups is 1. The van der Waals surface area contributed by atoms with Gasteiger partial charge in [-0.2, -0.15) is 0 Å². The molecular weight excluding hydrogens is 244 g/mol. The van der Waals surface area contributed by atoms with Gasteiger partial charge in [0.25, 0.3) is 5.56 Å². The summed E-state index contributed by atoms with van der Waals surface area (Å²) in [6, 6.07) is 0. The van der Waals surface area contributed by atoms with E-state index in [4.69, 9.17) is 4.74 Å². The first-order chi connectivity index (χ1) is 7.74. The van der Waals surface area contributed by atoms with Crippen LogP contribution in [0.1, 0.15) is 20.8 Å². The molecule has 1 rings (SSSR count). The van der Waals surface area contributed by atoms with Crippen LogP contribution in [0, 0.1) is 0 Å². The van der Waals surface area contributed by atoms with Gasteiger partial charge in [-0.1, -0.05) is 0 Å². The van der Waals surface area contributed by atoms with Gasteiger partial charge in [0.15, 0.2) is 0 Å². The number of H-pyrrole nitrogens is 1. The van der Waals surface area contributed by atoms with Crippen LogP contribution in [0.2, 0.25) is 0 Å². The average molecular weight is 258 g/mol. The normalized spacial score (nSPS) is 11.3. The fourth-order valence-electron chi connectivity index (χ4n) is 1.05. The van der Waals surface area contributed by atoms with Crippen LogP contribution in [0.5, 0.6) is 0 Å². The molecule has 0 spiro atoms. The standard InChI is InChI=1S/C10H14N2O4S/c1-10(2,3)16-9(15)12-5-6(17-4)7(13)11-8(12)14/h5H,1-4H3,(H,11,13,14). The van der Waals surface area contributed by atoms with E-state index in [9.17, 15) is 14.4 Å². The highest BCUT2D eigenvalue weighted by Crippen LogP contribution is 2.09. The molecule has 0 atom stereocenters. The second-order valence-corrected chi connectivity index (χ2v) is 5.16. The molecule has 0 aliphatic heterocycles. The second-order valence-electron chi connectivity index (χ2n) is 4.31. The number of rotatable bonds is 1. The van der Waals surface area contributed by atoms with E-state index in [1.165, 1.54) is 6.20 Å². The Hall–Kier alpha value is -1.50. The Labute approximate surface area is 102 Å². The molecule has 0 saturated carbocycles. The molecule has 17 heavy (non-hydrogen) atoms. The smallest absolute Gasteiger partial charge is 0.422 e. The summed E-state index contributed by atoms with van der Waals surface area (Å²) in [6.45, 7) is 5.07. The summed E-state index contributed by atoms with van der Waals surface area (Å²) >= 11 is 1.14. The zero-order valence-corrected chi connectivity index (χ0v) is 10.9. The molecule has 0 aromatic carbocycles. The Morgan fingerprint density at radius 3 is 2.47 bits per heavy atom. The summed E-state index contributed by atoms with van der Waals surface area (Å²) in [4.78, 5) is 36.7. The Morgan fingerprint density at radius 1 is 1.41 bits per heavy atom. The molecular formula is C10H14N2O4S. The highest BCUT2D eigenvalue weighted by Gasteiger charge is 2.19. The molecule has 7 heteroatoms. The number of aromatic nitrogens is 2. The molecule has 1 aromatic rings. The summed E-state index contributed by atoms with van der Waals surface area (Å²) in [5.74, 6) is 0. The lowest BCUT2D eigenvalue weighted by Gasteiger charge is -2.19. The van der Waals surface area contributed by atoms with Crippen molar-refractivity contribution in [2.24, 2.45) is 0 Å². The number of nitrogens with zero attached hydrogens (tertiary/aromatic N) is 1. The van der Waals surface area contributed by atoms with Gasteiger partial charge in [0, 0.05) is 6.20 Å². The summed E-state index contributed by atoms with van der Waals surface area (Å²) in [7, 11) is 0. The topological polar surface area (TPSA) is 81.2 Å². The molecule has 6 nitrogen and oxygen atoms in total. The number of hydrogen-bond donors (Lipinski definition) is 1. The molecule has 0 aliphatic rings. The van der Waals surface area contributed by atoms with Crippen LogP contribution < -0.4 is 11.2 Å². The fourth-order valence-corrected chi connectivity index (χ4v) is 1.49. The zero-order chi connectivity index (χ0) is 13.2. The van der Waals surface area contributed by atoms with Gasteiger partial charge in [-0.25, -0.2) is 14.2 Å². The highest BCUT2D eigenvalue weighted by atomic mass is 32.2. The number of hydrogen-bond acceptors (Lipinski definition) is 5. The summed E-state index contributed by atoms with van der Waals surface area (Å²) in [6.07, 6.45) is 2.04. The molecule has 0 radical (unpaired) electrons. The Balaban J connectivity index is 3.19. The summed E-state index contributed by atoms with van der Waals surface area (Å²) in [5.41, 5.74) is -2.02. The third kappa shape index (κ3) is 3.48. The van der Waals surface area contributed by atoms with E-state index in [2.05, 4.69) is 4.98 Å². The first kappa shape index (κ1) is 13.6. The van der Waals surface area contributed by atoms with Crippen molar-refractivity contribution in [3.63, 3.8) is 0 Å². The number of ether oxygens (including phenoxy) is 1. The van der Waals surface area contributed by atoms with Gasteiger partial charge in [-0.05, 0) is 27.0 Å². The molecule has 1 aromatic heterocycles. The van der Waals surface area contributed by atoms with Crippen LogP contribution in [0.25, 0.3) is 0 Å². The van der Waals surface area contributed by atoms with E-state index in [1.807, 2.05) is 0 Å². The van der Waals surface area contributed by atoms with E-state index in [0.717, 1.165) is 16.3 Å². The zero-order valence-electron chi connectivity index (χ0n) is 10.1. The number of thioether (sulfide) groups is 1. The first-order valence-corrected chi connectivity index (χ1v) is 6.10. The summed E-state index contributed by atoms with van der Waals surface area (Å²) < 4.78 is 5.79. The van der Waals surface area contributed by atoms with Crippen LogP contribution in [-0.2, 0) is 4.74 Å². The third-order valence-electron chi connectivity index (χ3n) is 1.72. The van der Waals surface area contributed by atoms with Crippen molar-refractivity contribution in [2.75, 3.05) is 6.26 Å². The van der Waals surface area contributed by atoms with Crippen LogP contribution in [0.15, 0.2) is 20.7 Å². The Bertz CT molecular complexity index is 538. The second kappa shape index (κ2) is 4.79. The van der Waals surface area contributed by atoms with Crippen LogP contribution in [-0.4, -0.2) is 27.5 Å². The van der Waals surface area contributed by atoms with Gasteiger partial charge in [0.1, 0.15) is 5.60 Å². The Morgan fingerprint density at radius 2 is 2.00 bits per heavy atom. The lowest BCUT2D eigenvalue weighted by Crippen LogP contribution is -2.37. The predicted octanol–water partition coefficient (Wildman–Crippen LogP) is 1.04. The number of nitrogens with one attached hydrogen (secondary N) is 1. The molecule has 0 amide bonds. The van der Waals surface area contributed by atoms with Crippen molar-refractivity contribution in [1.82, 2.24) is 9.55 Å². The molecule has 0 unspecified atom stereocenters. The molecule has 0 aliphatic carbocycles. The van der Waals surface area contributed by atoms with Crippen molar-refractivity contribution in [2.45, 2.75) is 31.3 Å². The highest BCUT2D eigenvalue weighted by molar-refractivity contribution is 7.98. The van der Waals surface area contributed by atoms with E-state index in [0.29, 0.717) is 0 Å². The lowest BCUT2D eigenvalue weighted by atomic mass is 10.2. The van der Waals surface area contributed by atoms with Crippen molar-refractivity contribution < 1.29 is 9.53 Å². The van der Waals surface area contributed by atoms with Gasteiger partial charge in [-0.3, -0.25) is 9.78 Å². The van der Waals surface area contributed by atoms with Gasteiger partial charge < -0.3 is 4.74 Å². The molecule has 1 N–H and O–H groups in total. The Kier molecular flexibility index (Phi) is 3.82. The summed E-state index contributed by atoms with van der Waals surface area (Å²) in [5, 5.41) is 0. The monoisotopic (exact) mass is 258 g/mol. The lowest BCUT2D eigenvalue weighted by molar-refractivity contribution is 0.0526. The number of aromatic amines is 1. The minimum atomic E-state index is -0.811. The fraction of sp³-hybridized carbons (Fsp3) is 0.500. The van der Waals surface area contributed by atoms with Gasteiger partial charge in [-0.15, -0.1) is 11.8 Å². The van der Waals surface area contributed by atoms with E-state index in [-0.39, 0.29) is 4.90 Å². The van der Waals surface area contributed by atoms with Crippen molar-refractivity contribution in [3.05, 3.63) is 27.0 Å². The maximum atomic E-state index is 11.7. The molecule has 0 fully saturated rings. The van der Waals surface area contributed by atoms with E-state index < -0.39 is 22.9 Å². The average Bonchev–Trinajstić information content (AvgIpc) is 2.14. The first-order valence-electron chi connectivity index (χ1n) is 4.88. The number of carbonyl (C=O) groups excluding carboxylic acids is 1. The third-order valence-corrected chi connectivity index (χ3v) is 2.45. The van der Waals surface area contributed by atoms with Gasteiger partial charge >= 0.3 is 11.8 Å². The van der Waals surface area contributed by atoms with Crippen molar-refractivity contribution in [1.29, 1.82) is 0 Å². The van der Waals surface area contributed by atoms with Crippen molar-refractivity contribution in [3.8, 4) is 0 Å². The quantitative estimate of drug-likeness (QED) is 0.761. The predicted molar refractivity (Wildman–Crippen MR) is 64.7 cm³/mol. The maximum absolute atomic E-state index is 11.7. The SMILES string of the molecule is CSc1cn(C(=O)OC(C)(C)C)c(=O)[nH]c1=O. The van der Waals surface area contributed by atoms with E-state index in [1.54, 1.807) is 27.0 Å². The largest absolute Gasteiger partial charge is 0.443 e. The molecule has 0 saturated heterocycles. The maximum Gasteiger partial charge on any atom is 0.422 e. The minimum absolute atomic E-state index is 0.274.